The van der Waals surface area contributed by atoms with Gasteiger partial charge in [0, 0.05) is 9.37 Å². The summed E-state index contributed by atoms with van der Waals surface area (Å²) in [5.74, 6) is 0.197. The van der Waals surface area contributed by atoms with E-state index >= 15 is 0 Å². The van der Waals surface area contributed by atoms with Crippen molar-refractivity contribution in [1.29, 1.82) is 0 Å². The van der Waals surface area contributed by atoms with Crippen LogP contribution in [0.4, 0.5) is 0 Å². The Morgan fingerprint density at radius 2 is 2.19 bits per heavy atom. The summed E-state index contributed by atoms with van der Waals surface area (Å²) >= 11 is 4.92. The average molecular weight is 303 g/mol. The van der Waals surface area contributed by atoms with Crippen molar-refractivity contribution in [2.75, 3.05) is 5.75 Å². The number of ether oxygens (including phenoxy) is 1. The Kier molecular flexibility index (Phi) is 5.35. The van der Waals surface area contributed by atoms with Gasteiger partial charge in [0.05, 0.1) is 11.9 Å². The number of esters is 1. The summed E-state index contributed by atoms with van der Waals surface area (Å²) in [7, 11) is 0. The van der Waals surface area contributed by atoms with Gasteiger partial charge in [-0.3, -0.25) is 4.79 Å². The molecule has 1 aromatic carbocycles. The second kappa shape index (κ2) is 6.30. The monoisotopic (exact) mass is 302 g/mol. The zero-order valence-electron chi connectivity index (χ0n) is 9.62. The molecule has 0 N–H and O–H groups in total. The lowest BCUT2D eigenvalue weighted by molar-refractivity contribution is -0.144. The molecule has 4 heteroatoms. The number of rotatable bonds is 4. The van der Waals surface area contributed by atoms with Crippen molar-refractivity contribution in [3.8, 4) is 0 Å². The van der Waals surface area contributed by atoms with E-state index in [4.69, 9.17) is 4.74 Å². The predicted molar refractivity (Wildman–Crippen MR) is 70.8 cm³/mol. The van der Waals surface area contributed by atoms with Crippen LogP contribution in [0.15, 0.2) is 27.6 Å². The molecule has 0 amide bonds. The van der Waals surface area contributed by atoms with Crippen molar-refractivity contribution < 1.29 is 9.53 Å². The Morgan fingerprint density at radius 1 is 1.50 bits per heavy atom. The van der Waals surface area contributed by atoms with E-state index < -0.39 is 0 Å². The van der Waals surface area contributed by atoms with Crippen LogP contribution in [0.5, 0.6) is 0 Å². The van der Waals surface area contributed by atoms with Crippen molar-refractivity contribution in [2.24, 2.45) is 0 Å². The molecule has 88 valence electrons. The zero-order valence-corrected chi connectivity index (χ0v) is 12.0. The molecule has 0 radical (unpaired) electrons. The van der Waals surface area contributed by atoms with Gasteiger partial charge < -0.3 is 4.74 Å². The summed E-state index contributed by atoms with van der Waals surface area (Å²) < 4.78 is 6.12. The van der Waals surface area contributed by atoms with E-state index in [1.54, 1.807) is 0 Å². The van der Waals surface area contributed by atoms with Crippen molar-refractivity contribution in [2.45, 2.75) is 31.8 Å². The first kappa shape index (κ1) is 13.6. The molecule has 0 saturated carbocycles. The first-order chi connectivity index (χ1) is 7.49. The van der Waals surface area contributed by atoms with E-state index in [0.29, 0.717) is 5.75 Å². The lowest BCUT2D eigenvalue weighted by Gasteiger charge is -2.08. The highest BCUT2D eigenvalue weighted by molar-refractivity contribution is 9.10. The van der Waals surface area contributed by atoms with Crippen molar-refractivity contribution in [3.63, 3.8) is 0 Å². The SMILES string of the molecule is Cc1cc(Br)ccc1SCC(=O)OC(C)C. The fourth-order valence-electron chi connectivity index (χ4n) is 1.21. The molecule has 2 nitrogen and oxygen atoms in total. The second-order valence-electron chi connectivity index (χ2n) is 3.74. The normalized spacial score (nSPS) is 10.6. The minimum absolute atomic E-state index is 0.0425. The Labute approximate surface area is 109 Å². The molecule has 0 fully saturated rings. The fourth-order valence-corrected chi connectivity index (χ4v) is 2.48. The third-order valence-corrected chi connectivity index (χ3v) is 3.49. The maximum Gasteiger partial charge on any atom is 0.316 e. The highest BCUT2D eigenvalue weighted by atomic mass is 79.9. The molecule has 0 heterocycles. The van der Waals surface area contributed by atoms with E-state index in [1.165, 1.54) is 11.8 Å². The maximum absolute atomic E-state index is 11.4. The van der Waals surface area contributed by atoms with Crippen molar-refractivity contribution >= 4 is 33.7 Å². The van der Waals surface area contributed by atoms with Gasteiger partial charge >= 0.3 is 5.97 Å². The number of carbonyl (C=O) groups excluding carboxylic acids is 1. The van der Waals surface area contributed by atoms with Crippen LogP contribution in [-0.4, -0.2) is 17.8 Å². The van der Waals surface area contributed by atoms with Crippen LogP contribution < -0.4 is 0 Å². The topological polar surface area (TPSA) is 26.3 Å². The highest BCUT2D eigenvalue weighted by Gasteiger charge is 2.07. The highest BCUT2D eigenvalue weighted by Crippen LogP contribution is 2.25. The number of hydrogen-bond acceptors (Lipinski definition) is 3. The zero-order chi connectivity index (χ0) is 12.1. The summed E-state index contributed by atoms with van der Waals surface area (Å²) in [5, 5.41) is 0. The van der Waals surface area contributed by atoms with Crippen LogP contribution in [-0.2, 0) is 9.53 Å². The number of hydrogen-bond donors (Lipinski definition) is 0. The van der Waals surface area contributed by atoms with Gasteiger partial charge in [0.15, 0.2) is 0 Å². The van der Waals surface area contributed by atoms with Gasteiger partial charge in [-0.15, -0.1) is 11.8 Å². The molecule has 0 aliphatic heterocycles. The van der Waals surface area contributed by atoms with E-state index in [1.807, 2.05) is 39.0 Å². The van der Waals surface area contributed by atoms with Gasteiger partial charge in [0.1, 0.15) is 0 Å². The maximum atomic E-state index is 11.4. The summed E-state index contributed by atoms with van der Waals surface area (Å²) in [6.45, 7) is 5.74. The standard InChI is InChI=1S/C12H15BrO2S/c1-8(2)15-12(14)7-16-11-5-4-10(13)6-9(11)3/h4-6,8H,7H2,1-3H3. The average Bonchev–Trinajstić information content (AvgIpc) is 2.15. The van der Waals surface area contributed by atoms with Crippen LogP contribution in [0.25, 0.3) is 0 Å². The lowest BCUT2D eigenvalue weighted by Crippen LogP contribution is -2.13. The molecule has 0 spiro atoms. The third kappa shape index (κ3) is 4.58. The Morgan fingerprint density at radius 3 is 2.75 bits per heavy atom. The number of aryl methyl sites for hydroxylation is 1. The van der Waals surface area contributed by atoms with E-state index in [0.717, 1.165) is 14.9 Å². The first-order valence-corrected chi connectivity index (χ1v) is 6.85. The number of thioether (sulfide) groups is 1. The van der Waals surface area contributed by atoms with Crippen molar-refractivity contribution in [1.82, 2.24) is 0 Å². The van der Waals surface area contributed by atoms with Gasteiger partial charge in [0.2, 0.25) is 0 Å². The molecular formula is C12H15BrO2S. The Balaban J connectivity index is 2.51. The van der Waals surface area contributed by atoms with Crippen LogP contribution in [0.1, 0.15) is 19.4 Å². The molecule has 0 unspecified atom stereocenters. The summed E-state index contributed by atoms with van der Waals surface area (Å²) in [6, 6.07) is 6.02. The predicted octanol–water partition coefficient (Wildman–Crippen LogP) is 3.80. The fraction of sp³-hybridized carbons (Fsp3) is 0.417. The number of benzene rings is 1. The van der Waals surface area contributed by atoms with Crippen LogP contribution >= 0.6 is 27.7 Å². The van der Waals surface area contributed by atoms with Gasteiger partial charge in [-0.1, -0.05) is 15.9 Å². The lowest BCUT2D eigenvalue weighted by atomic mass is 10.2. The van der Waals surface area contributed by atoms with Gasteiger partial charge in [0.25, 0.3) is 0 Å². The second-order valence-corrected chi connectivity index (χ2v) is 5.67. The Bertz CT molecular complexity index is 377. The molecule has 0 bridgehead atoms. The largest absolute Gasteiger partial charge is 0.462 e. The molecule has 0 aliphatic carbocycles. The molecule has 1 rings (SSSR count). The van der Waals surface area contributed by atoms with Gasteiger partial charge in [-0.05, 0) is 44.5 Å². The van der Waals surface area contributed by atoms with Crippen LogP contribution in [0, 0.1) is 6.92 Å². The van der Waals surface area contributed by atoms with E-state index in [-0.39, 0.29) is 12.1 Å². The van der Waals surface area contributed by atoms with Crippen LogP contribution in [0.3, 0.4) is 0 Å². The van der Waals surface area contributed by atoms with E-state index in [2.05, 4.69) is 15.9 Å². The first-order valence-electron chi connectivity index (χ1n) is 5.07. The molecule has 0 saturated heterocycles. The van der Waals surface area contributed by atoms with Crippen LogP contribution in [0.2, 0.25) is 0 Å². The Hall–Kier alpha value is -0.480. The van der Waals surface area contributed by atoms with E-state index in [9.17, 15) is 4.79 Å². The third-order valence-electron chi connectivity index (χ3n) is 1.85. The summed E-state index contributed by atoms with van der Waals surface area (Å²) in [6.07, 6.45) is -0.0425. The smallest absolute Gasteiger partial charge is 0.316 e. The minimum Gasteiger partial charge on any atom is -0.462 e. The summed E-state index contributed by atoms with van der Waals surface area (Å²) in [4.78, 5) is 12.5. The molecular weight excluding hydrogens is 288 g/mol. The molecule has 0 atom stereocenters. The minimum atomic E-state index is -0.165. The quantitative estimate of drug-likeness (QED) is 0.625. The molecule has 1 aromatic rings. The van der Waals surface area contributed by atoms with Crippen molar-refractivity contribution in [3.05, 3.63) is 28.2 Å². The molecule has 16 heavy (non-hydrogen) atoms. The number of carbonyl (C=O) groups is 1. The number of halogens is 1. The summed E-state index contributed by atoms with van der Waals surface area (Å²) in [5.41, 5.74) is 1.16. The molecule has 0 aromatic heterocycles. The molecule has 0 aliphatic rings. The van der Waals surface area contributed by atoms with Gasteiger partial charge in [-0.2, -0.15) is 0 Å². The van der Waals surface area contributed by atoms with Gasteiger partial charge in [-0.25, -0.2) is 0 Å².